The minimum absolute atomic E-state index is 0.0687. The summed E-state index contributed by atoms with van der Waals surface area (Å²) in [5.74, 6) is 0.127. The lowest BCUT2D eigenvalue weighted by Crippen LogP contribution is -2.45. The van der Waals surface area contributed by atoms with Crippen LogP contribution in [0.3, 0.4) is 0 Å². The summed E-state index contributed by atoms with van der Waals surface area (Å²) in [5, 5.41) is 9.66. The predicted molar refractivity (Wildman–Crippen MR) is 147 cm³/mol. The van der Waals surface area contributed by atoms with E-state index in [-0.39, 0.29) is 17.2 Å². The number of alkyl halides is 3. The van der Waals surface area contributed by atoms with E-state index in [0.717, 1.165) is 17.2 Å². The molecule has 0 radical (unpaired) electrons. The highest BCUT2D eigenvalue weighted by molar-refractivity contribution is 7.81. The van der Waals surface area contributed by atoms with Crippen molar-refractivity contribution in [3.63, 3.8) is 0 Å². The lowest BCUT2D eigenvalue weighted by Gasteiger charge is -2.31. The number of aromatic nitrogens is 1. The van der Waals surface area contributed by atoms with E-state index < -0.39 is 28.3 Å². The van der Waals surface area contributed by atoms with Gasteiger partial charge in [-0.25, -0.2) is 0 Å². The monoisotopic (exact) mass is 574 g/mol. The Morgan fingerprint density at radius 3 is 2.46 bits per heavy atom. The van der Waals surface area contributed by atoms with E-state index >= 15 is 0 Å². The molecule has 1 aliphatic rings. The Balaban J connectivity index is 1.47. The third-order valence-corrected chi connectivity index (χ3v) is 7.62. The summed E-state index contributed by atoms with van der Waals surface area (Å²) in [4.78, 5) is 20.5. The minimum Gasteiger partial charge on any atom is -0.492 e. The SMILES string of the molecule is Cc1c(N2C(=O)C(C)(C)N(CCCOc3ccc(-c4ccncc4)cc3Cl)C2S)ccc(C#N)c1C(F)(F)F. The second-order valence-corrected chi connectivity index (χ2v) is 10.5. The quantitative estimate of drug-likeness (QED) is 0.251. The Bertz CT molecular complexity index is 1430. The Hall–Kier alpha value is -3.26. The number of thiol groups is 1. The normalized spacial score (nSPS) is 17.4. The maximum atomic E-state index is 13.8. The van der Waals surface area contributed by atoms with Crippen molar-refractivity contribution in [2.45, 2.75) is 44.4 Å². The van der Waals surface area contributed by atoms with Crippen LogP contribution in [0.1, 0.15) is 37.0 Å². The molecule has 1 atom stereocenters. The molecule has 39 heavy (non-hydrogen) atoms. The van der Waals surface area contributed by atoms with Crippen LogP contribution in [0.15, 0.2) is 54.9 Å². The number of ether oxygens (including phenoxy) is 1. The molecule has 1 unspecified atom stereocenters. The molecule has 0 spiro atoms. The van der Waals surface area contributed by atoms with Gasteiger partial charge in [-0.05, 0) is 80.3 Å². The minimum atomic E-state index is -4.75. The first kappa shape index (κ1) is 28.7. The summed E-state index contributed by atoms with van der Waals surface area (Å²) >= 11 is 11.0. The molecule has 0 N–H and O–H groups in total. The van der Waals surface area contributed by atoms with Gasteiger partial charge in [0.25, 0.3) is 0 Å². The van der Waals surface area contributed by atoms with Crippen LogP contribution in [-0.2, 0) is 11.0 Å². The summed E-state index contributed by atoms with van der Waals surface area (Å²) in [5.41, 5.74) is -1.61. The lowest BCUT2D eigenvalue weighted by atomic mass is 9.98. The number of pyridine rings is 1. The van der Waals surface area contributed by atoms with Gasteiger partial charge < -0.3 is 4.74 Å². The zero-order chi connectivity index (χ0) is 28.5. The maximum Gasteiger partial charge on any atom is 0.418 e. The summed E-state index contributed by atoms with van der Waals surface area (Å²) in [6.07, 6.45) is -0.841. The van der Waals surface area contributed by atoms with Gasteiger partial charge in [0.05, 0.1) is 34.4 Å². The number of carbonyl (C=O) groups is 1. The van der Waals surface area contributed by atoms with Crippen LogP contribution in [0.25, 0.3) is 11.1 Å². The third kappa shape index (κ3) is 5.57. The van der Waals surface area contributed by atoms with Gasteiger partial charge in [0.1, 0.15) is 11.2 Å². The lowest BCUT2D eigenvalue weighted by molar-refractivity contribution is -0.138. The van der Waals surface area contributed by atoms with Gasteiger partial charge in [-0.1, -0.05) is 17.7 Å². The number of nitrogens with zero attached hydrogens (tertiary/aromatic N) is 4. The van der Waals surface area contributed by atoms with Crippen molar-refractivity contribution < 1.29 is 22.7 Å². The van der Waals surface area contributed by atoms with Crippen LogP contribution < -0.4 is 9.64 Å². The number of hydrogen-bond donors (Lipinski definition) is 1. The smallest absolute Gasteiger partial charge is 0.418 e. The predicted octanol–water partition coefficient (Wildman–Crippen LogP) is 6.71. The first-order valence-corrected chi connectivity index (χ1v) is 13.0. The first-order valence-electron chi connectivity index (χ1n) is 12.1. The molecule has 204 valence electrons. The number of halogens is 4. The second-order valence-electron chi connectivity index (χ2n) is 9.60. The van der Waals surface area contributed by atoms with E-state index in [1.54, 1.807) is 43.3 Å². The van der Waals surface area contributed by atoms with E-state index in [1.165, 1.54) is 17.9 Å². The van der Waals surface area contributed by atoms with Crippen molar-refractivity contribution >= 4 is 35.8 Å². The molecule has 2 aromatic carbocycles. The van der Waals surface area contributed by atoms with Gasteiger partial charge in [-0.2, -0.15) is 18.4 Å². The molecule has 4 rings (SSSR count). The Morgan fingerprint density at radius 2 is 1.85 bits per heavy atom. The van der Waals surface area contributed by atoms with Crippen LogP contribution in [0, 0.1) is 18.3 Å². The van der Waals surface area contributed by atoms with Crippen LogP contribution in [0.2, 0.25) is 5.02 Å². The fourth-order valence-electron chi connectivity index (χ4n) is 4.76. The summed E-state index contributed by atoms with van der Waals surface area (Å²) in [6.45, 7) is 5.36. The molecule has 1 aromatic heterocycles. The van der Waals surface area contributed by atoms with E-state index in [0.29, 0.717) is 30.3 Å². The summed E-state index contributed by atoms with van der Waals surface area (Å²) in [7, 11) is 0. The van der Waals surface area contributed by atoms with Crippen LogP contribution >= 0.6 is 24.2 Å². The average Bonchev–Trinajstić information content (AvgIpc) is 3.05. The molecule has 3 aromatic rings. The van der Waals surface area contributed by atoms with Crippen LogP contribution in [0.5, 0.6) is 5.75 Å². The Morgan fingerprint density at radius 1 is 1.15 bits per heavy atom. The van der Waals surface area contributed by atoms with Crippen molar-refractivity contribution in [2.24, 2.45) is 0 Å². The van der Waals surface area contributed by atoms with Crippen molar-refractivity contribution in [3.05, 3.63) is 76.6 Å². The molecule has 1 aliphatic heterocycles. The number of rotatable bonds is 7. The molecule has 1 fully saturated rings. The molecule has 6 nitrogen and oxygen atoms in total. The van der Waals surface area contributed by atoms with E-state index in [2.05, 4.69) is 17.6 Å². The summed E-state index contributed by atoms with van der Waals surface area (Å²) < 4.78 is 47.2. The second kappa shape index (κ2) is 11.1. The Kier molecular flexibility index (Phi) is 8.17. The highest BCUT2D eigenvalue weighted by Crippen LogP contribution is 2.43. The molecule has 1 amide bonds. The van der Waals surface area contributed by atoms with Gasteiger partial charge in [-0.15, -0.1) is 12.6 Å². The van der Waals surface area contributed by atoms with Crippen molar-refractivity contribution in [3.8, 4) is 22.9 Å². The topological polar surface area (TPSA) is 69.5 Å². The fraction of sp³-hybridized carbons (Fsp3) is 0.321. The maximum absolute atomic E-state index is 13.8. The van der Waals surface area contributed by atoms with Gasteiger partial charge in [0.2, 0.25) is 5.91 Å². The van der Waals surface area contributed by atoms with E-state index in [9.17, 15) is 23.2 Å². The number of amides is 1. The zero-order valence-corrected chi connectivity index (χ0v) is 23.1. The van der Waals surface area contributed by atoms with Gasteiger partial charge in [-0.3, -0.25) is 19.6 Å². The highest BCUT2D eigenvalue weighted by atomic mass is 35.5. The molecule has 2 heterocycles. The third-order valence-electron chi connectivity index (χ3n) is 6.82. The fourth-order valence-corrected chi connectivity index (χ4v) is 5.63. The number of hydrogen-bond acceptors (Lipinski definition) is 6. The van der Waals surface area contributed by atoms with Crippen molar-refractivity contribution in [1.29, 1.82) is 5.26 Å². The molecular formula is C28H26ClF3N4O2S. The van der Waals surface area contributed by atoms with Crippen LogP contribution in [-0.4, -0.2) is 40.0 Å². The molecule has 0 bridgehead atoms. The molecular weight excluding hydrogens is 549 g/mol. The molecule has 0 aliphatic carbocycles. The standard InChI is InChI=1S/C28H26ClF3N4O2S/c1-17-22(7-5-20(16-33)24(17)28(30,31)32)36-25(37)27(2,3)35(26(36)39)13-4-14-38-23-8-6-19(15-21(23)29)18-9-11-34-12-10-18/h5-12,15,26,39H,4,13-14H2,1-3H3. The molecule has 11 heteroatoms. The van der Waals surface area contributed by atoms with Gasteiger partial charge in [0, 0.05) is 24.6 Å². The number of anilines is 1. The van der Waals surface area contributed by atoms with Crippen LogP contribution in [0.4, 0.5) is 18.9 Å². The first-order chi connectivity index (χ1) is 18.4. The number of carbonyl (C=O) groups excluding carboxylic acids is 1. The van der Waals surface area contributed by atoms with E-state index in [1.807, 2.05) is 24.3 Å². The van der Waals surface area contributed by atoms with E-state index in [4.69, 9.17) is 16.3 Å². The molecule has 0 saturated carbocycles. The largest absolute Gasteiger partial charge is 0.492 e. The van der Waals surface area contributed by atoms with Gasteiger partial charge in [0.15, 0.2) is 0 Å². The Labute approximate surface area is 235 Å². The van der Waals surface area contributed by atoms with Crippen molar-refractivity contribution in [2.75, 3.05) is 18.1 Å². The van der Waals surface area contributed by atoms with Crippen molar-refractivity contribution in [1.82, 2.24) is 9.88 Å². The average molecular weight is 575 g/mol. The number of nitriles is 1. The molecule has 1 saturated heterocycles. The van der Waals surface area contributed by atoms with Gasteiger partial charge >= 0.3 is 6.18 Å². The highest BCUT2D eigenvalue weighted by Gasteiger charge is 2.51. The number of benzene rings is 2. The summed E-state index contributed by atoms with van der Waals surface area (Å²) in [6, 6.07) is 13.3. The zero-order valence-electron chi connectivity index (χ0n) is 21.5.